The van der Waals surface area contributed by atoms with E-state index in [0.717, 1.165) is 5.56 Å². The van der Waals surface area contributed by atoms with Crippen LogP contribution in [0.15, 0.2) is 22.6 Å². The predicted molar refractivity (Wildman–Crippen MR) is 69.2 cm³/mol. The standard InChI is InChI=1S/C11H11Cl2N3O2/c1-17-9-4-2-3-8(13)7(9)6-14-11-16-15-10(5-12)18-11/h2-4H,5-6H2,1H3,(H,14,16). The number of hydrogen-bond donors (Lipinski definition) is 1. The maximum atomic E-state index is 6.10. The van der Waals surface area contributed by atoms with E-state index in [1.807, 2.05) is 12.1 Å². The van der Waals surface area contributed by atoms with Gasteiger partial charge in [0.1, 0.15) is 11.6 Å². The first-order valence-electron chi connectivity index (χ1n) is 5.18. The smallest absolute Gasteiger partial charge is 0.315 e. The van der Waals surface area contributed by atoms with Crippen LogP contribution in [0.5, 0.6) is 5.75 Å². The van der Waals surface area contributed by atoms with E-state index in [1.165, 1.54) is 0 Å². The highest BCUT2D eigenvalue weighted by molar-refractivity contribution is 6.31. The average molecular weight is 288 g/mol. The van der Waals surface area contributed by atoms with E-state index >= 15 is 0 Å². The Morgan fingerprint density at radius 2 is 2.22 bits per heavy atom. The zero-order chi connectivity index (χ0) is 13.0. The Kier molecular flexibility index (Phi) is 4.28. The molecule has 18 heavy (non-hydrogen) atoms. The van der Waals surface area contributed by atoms with Gasteiger partial charge in [-0.05, 0) is 12.1 Å². The van der Waals surface area contributed by atoms with Gasteiger partial charge in [0.2, 0.25) is 5.89 Å². The number of nitrogens with one attached hydrogen (secondary N) is 1. The number of rotatable bonds is 5. The molecule has 0 unspecified atom stereocenters. The molecule has 5 nitrogen and oxygen atoms in total. The topological polar surface area (TPSA) is 60.2 Å². The molecule has 0 saturated heterocycles. The molecule has 2 aromatic rings. The van der Waals surface area contributed by atoms with Crippen LogP contribution >= 0.6 is 23.2 Å². The number of aromatic nitrogens is 2. The molecule has 0 bridgehead atoms. The summed E-state index contributed by atoms with van der Waals surface area (Å²) in [6, 6.07) is 5.75. The maximum absolute atomic E-state index is 6.10. The lowest BCUT2D eigenvalue weighted by molar-refractivity contribution is 0.410. The lowest BCUT2D eigenvalue weighted by Gasteiger charge is -2.09. The summed E-state index contributed by atoms with van der Waals surface area (Å²) < 4.78 is 10.4. The van der Waals surface area contributed by atoms with Crippen LogP contribution < -0.4 is 10.1 Å². The van der Waals surface area contributed by atoms with Gasteiger partial charge in [-0.15, -0.1) is 16.7 Å². The molecule has 1 N–H and O–H groups in total. The van der Waals surface area contributed by atoms with Crippen LogP contribution in [0.2, 0.25) is 5.02 Å². The van der Waals surface area contributed by atoms with E-state index in [1.54, 1.807) is 13.2 Å². The monoisotopic (exact) mass is 287 g/mol. The molecule has 0 aliphatic heterocycles. The van der Waals surface area contributed by atoms with Crippen molar-refractivity contribution in [2.45, 2.75) is 12.4 Å². The van der Waals surface area contributed by atoms with Gasteiger partial charge in [-0.1, -0.05) is 22.8 Å². The van der Waals surface area contributed by atoms with Gasteiger partial charge in [0.25, 0.3) is 0 Å². The van der Waals surface area contributed by atoms with Gasteiger partial charge in [-0.25, -0.2) is 0 Å². The van der Waals surface area contributed by atoms with Crippen molar-refractivity contribution < 1.29 is 9.15 Å². The second kappa shape index (κ2) is 5.93. The molecule has 1 aromatic carbocycles. The van der Waals surface area contributed by atoms with Crippen LogP contribution in [0.3, 0.4) is 0 Å². The molecule has 0 saturated carbocycles. The summed E-state index contributed by atoms with van der Waals surface area (Å²) in [6.45, 7) is 0.423. The number of halogens is 2. The minimum atomic E-state index is 0.185. The van der Waals surface area contributed by atoms with Crippen molar-refractivity contribution in [2.75, 3.05) is 12.4 Å². The van der Waals surface area contributed by atoms with E-state index in [4.69, 9.17) is 32.4 Å². The highest BCUT2D eigenvalue weighted by atomic mass is 35.5. The van der Waals surface area contributed by atoms with E-state index in [0.29, 0.717) is 29.2 Å². The summed E-state index contributed by atoms with van der Waals surface area (Å²) in [7, 11) is 1.59. The van der Waals surface area contributed by atoms with Gasteiger partial charge in [0.05, 0.1) is 7.11 Å². The van der Waals surface area contributed by atoms with Crippen molar-refractivity contribution >= 4 is 29.2 Å². The van der Waals surface area contributed by atoms with Crippen molar-refractivity contribution in [1.82, 2.24) is 10.2 Å². The van der Waals surface area contributed by atoms with Crippen molar-refractivity contribution in [3.63, 3.8) is 0 Å². The minimum absolute atomic E-state index is 0.185. The Labute approximate surface area is 114 Å². The highest BCUT2D eigenvalue weighted by Gasteiger charge is 2.09. The second-order valence-corrected chi connectivity index (χ2v) is 4.08. The van der Waals surface area contributed by atoms with E-state index in [9.17, 15) is 0 Å². The lowest BCUT2D eigenvalue weighted by atomic mass is 10.2. The number of alkyl halides is 1. The van der Waals surface area contributed by atoms with E-state index in [-0.39, 0.29) is 5.88 Å². The molecule has 1 heterocycles. The number of methoxy groups -OCH3 is 1. The SMILES string of the molecule is COc1cccc(Cl)c1CNc1nnc(CCl)o1. The van der Waals surface area contributed by atoms with E-state index in [2.05, 4.69) is 15.5 Å². The quantitative estimate of drug-likeness (QED) is 0.857. The van der Waals surface area contributed by atoms with Gasteiger partial charge in [0, 0.05) is 17.1 Å². The molecule has 2 rings (SSSR count). The molecule has 0 aliphatic rings. The molecular weight excluding hydrogens is 277 g/mol. The lowest BCUT2D eigenvalue weighted by Crippen LogP contribution is -2.02. The zero-order valence-corrected chi connectivity index (χ0v) is 11.1. The average Bonchev–Trinajstić information content (AvgIpc) is 2.85. The third-order valence-electron chi connectivity index (χ3n) is 2.29. The Morgan fingerprint density at radius 3 is 2.89 bits per heavy atom. The number of nitrogens with zero attached hydrogens (tertiary/aromatic N) is 2. The normalized spacial score (nSPS) is 10.4. The third-order valence-corrected chi connectivity index (χ3v) is 2.88. The van der Waals surface area contributed by atoms with Gasteiger partial charge in [-0.3, -0.25) is 0 Å². The first kappa shape index (κ1) is 13.0. The fourth-order valence-electron chi connectivity index (χ4n) is 1.44. The predicted octanol–water partition coefficient (Wildman–Crippen LogP) is 3.08. The first-order valence-corrected chi connectivity index (χ1v) is 6.09. The van der Waals surface area contributed by atoms with Gasteiger partial charge in [0.15, 0.2) is 0 Å². The van der Waals surface area contributed by atoms with Crippen molar-refractivity contribution in [3.8, 4) is 5.75 Å². The Hall–Kier alpha value is -1.46. The number of anilines is 1. The van der Waals surface area contributed by atoms with Crippen LogP contribution in [-0.2, 0) is 12.4 Å². The molecule has 0 spiro atoms. The highest BCUT2D eigenvalue weighted by Crippen LogP contribution is 2.26. The molecule has 0 fully saturated rings. The van der Waals surface area contributed by atoms with Crippen LogP contribution in [0.1, 0.15) is 11.5 Å². The molecule has 0 amide bonds. The van der Waals surface area contributed by atoms with Crippen molar-refractivity contribution in [1.29, 1.82) is 0 Å². The summed E-state index contributed by atoms with van der Waals surface area (Å²) in [6.07, 6.45) is 0. The van der Waals surface area contributed by atoms with Crippen LogP contribution in [-0.4, -0.2) is 17.3 Å². The van der Waals surface area contributed by atoms with Gasteiger partial charge >= 0.3 is 6.01 Å². The Bertz CT molecular complexity index is 531. The van der Waals surface area contributed by atoms with Gasteiger partial charge < -0.3 is 14.5 Å². The zero-order valence-electron chi connectivity index (χ0n) is 9.61. The van der Waals surface area contributed by atoms with E-state index < -0.39 is 0 Å². The summed E-state index contributed by atoms with van der Waals surface area (Å²) in [5.74, 6) is 1.25. The number of ether oxygens (including phenoxy) is 1. The fraction of sp³-hybridized carbons (Fsp3) is 0.273. The molecule has 0 aliphatic carbocycles. The molecular formula is C11H11Cl2N3O2. The number of benzene rings is 1. The molecule has 0 atom stereocenters. The third kappa shape index (κ3) is 2.86. The molecule has 7 heteroatoms. The second-order valence-electron chi connectivity index (χ2n) is 3.41. The minimum Gasteiger partial charge on any atom is -0.496 e. The van der Waals surface area contributed by atoms with Crippen LogP contribution in [0, 0.1) is 0 Å². The Morgan fingerprint density at radius 1 is 1.39 bits per heavy atom. The van der Waals surface area contributed by atoms with Crippen LogP contribution in [0.4, 0.5) is 6.01 Å². The largest absolute Gasteiger partial charge is 0.496 e. The maximum Gasteiger partial charge on any atom is 0.315 e. The molecule has 1 aromatic heterocycles. The van der Waals surface area contributed by atoms with Crippen LogP contribution in [0.25, 0.3) is 0 Å². The summed E-state index contributed by atoms with van der Waals surface area (Å²) in [5, 5.41) is 11.1. The summed E-state index contributed by atoms with van der Waals surface area (Å²) in [4.78, 5) is 0. The molecule has 0 radical (unpaired) electrons. The van der Waals surface area contributed by atoms with Crippen molar-refractivity contribution in [3.05, 3.63) is 34.7 Å². The number of hydrogen-bond acceptors (Lipinski definition) is 5. The van der Waals surface area contributed by atoms with Crippen molar-refractivity contribution in [2.24, 2.45) is 0 Å². The van der Waals surface area contributed by atoms with Gasteiger partial charge in [-0.2, -0.15) is 0 Å². The summed E-state index contributed by atoms with van der Waals surface area (Å²) >= 11 is 11.7. The summed E-state index contributed by atoms with van der Waals surface area (Å²) in [5.41, 5.74) is 0.826. The Balaban J connectivity index is 2.10. The first-order chi connectivity index (χ1) is 8.74. The fourth-order valence-corrected chi connectivity index (χ4v) is 1.79. The molecule has 96 valence electrons.